The summed E-state index contributed by atoms with van der Waals surface area (Å²) in [4.78, 5) is 0. The quantitative estimate of drug-likeness (QED) is 0.123. The van der Waals surface area contributed by atoms with E-state index in [1.54, 1.807) is 7.11 Å². The van der Waals surface area contributed by atoms with Crippen molar-refractivity contribution in [2.24, 2.45) is 0 Å². The molecule has 0 unspecified atom stereocenters. The van der Waals surface area contributed by atoms with Crippen LogP contribution in [0.25, 0.3) is 0 Å². The first-order valence-electron chi connectivity index (χ1n) is 14.1. The standard InChI is InChI=1S/2C18H15P.C4H6O.Pt/c2*1-4-10-16(11-5-1)19(17-12-6-2-7-13-17)18-14-8-3-9-15-18;1-3-4-5-2;/h2*1-15H;1H,4H2,2H3;. The molecule has 6 aromatic rings. The van der Waals surface area contributed by atoms with Gasteiger partial charge >= 0.3 is 0 Å². The van der Waals surface area contributed by atoms with E-state index in [0.717, 1.165) is 0 Å². The summed E-state index contributed by atoms with van der Waals surface area (Å²) in [6, 6.07) is 64.7. The molecule has 0 bridgehead atoms. The molecule has 0 heterocycles. The van der Waals surface area contributed by atoms with Crippen molar-refractivity contribution in [3.63, 3.8) is 0 Å². The third kappa shape index (κ3) is 10.8. The Morgan fingerprint density at radius 1 is 0.409 bits per heavy atom. The van der Waals surface area contributed by atoms with Crippen LogP contribution in [-0.2, 0) is 25.8 Å². The molecule has 0 fully saturated rings. The molecule has 0 saturated heterocycles. The Labute approximate surface area is 280 Å². The molecule has 0 saturated carbocycles. The van der Waals surface area contributed by atoms with Crippen LogP contribution < -0.4 is 31.8 Å². The van der Waals surface area contributed by atoms with Crippen LogP contribution in [0.4, 0.5) is 0 Å². The Hall–Kier alpha value is -3.61. The summed E-state index contributed by atoms with van der Waals surface area (Å²) in [6.07, 6.45) is 4.76. The van der Waals surface area contributed by atoms with Crippen LogP contribution in [0.1, 0.15) is 0 Å². The largest absolute Gasteiger partial charge is 0.372 e. The smallest absolute Gasteiger partial charge is 0.107 e. The van der Waals surface area contributed by atoms with E-state index in [1.165, 1.54) is 31.8 Å². The van der Waals surface area contributed by atoms with Crippen LogP contribution in [0, 0.1) is 12.3 Å². The van der Waals surface area contributed by atoms with Crippen LogP contribution in [0.15, 0.2) is 182 Å². The van der Waals surface area contributed by atoms with Crippen LogP contribution in [0.3, 0.4) is 0 Å². The number of methoxy groups -OCH3 is 1. The monoisotopic (exact) mass is 789 g/mol. The topological polar surface area (TPSA) is 9.23 Å². The SMILES string of the molecule is C#CCOC.[Pt].c1ccc(P(c2ccccc2)c2ccccc2)cc1.c1ccc(P(c2ccccc2)c2ccccc2)cc1. The van der Waals surface area contributed by atoms with Crippen LogP contribution in [-0.4, -0.2) is 13.7 Å². The van der Waals surface area contributed by atoms with E-state index in [1.807, 2.05) is 0 Å². The van der Waals surface area contributed by atoms with Gasteiger partial charge in [-0.15, -0.1) is 6.42 Å². The summed E-state index contributed by atoms with van der Waals surface area (Å²) in [6.45, 7) is 0.417. The number of terminal acetylenes is 1. The molecule has 0 aliphatic rings. The van der Waals surface area contributed by atoms with Crippen molar-refractivity contribution >= 4 is 47.7 Å². The molecular weight excluding hydrogens is 753 g/mol. The van der Waals surface area contributed by atoms with Gasteiger partial charge in [-0.1, -0.05) is 188 Å². The van der Waals surface area contributed by atoms with Gasteiger partial charge in [-0.2, -0.15) is 0 Å². The number of hydrogen-bond donors (Lipinski definition) is 0. The van der Waals surface area contributed by atoms with E-state index in [4.69, 9.17) is 6.42 Å². The minimum Gasteiger partial charge on any atom is -0.372 e. The van der Waals surface area contributed by atoms with Crippen molar-refractivity contribution in [3.05, 3.63) is 182 Å². The van der Waals surface area contributed by atoms with Gasteiger partial charge in [0.1, 0.15) is 6.61 Å². The minimum absolute atomic E-state index is 0. The minimum atomic E-state index is -0.446. The van der Waals surface area contributed by atoms with Crippen molar-refractivity contribution in [1.82, 2.24) is 0 Å². The van der Waals surface area contributed by atoms with Gasteiger partial charge in [-0.05, 0) is 47.7 Å². The number of rotatable bonds is 7. The van der Waals surface area contributed by atoms with Gasteiger partial charge in [0.15, 0.2) is 0 Å². The molecular formula is C40H36OP2Pt. The molecule has 0 aliphatic carbocycles. The van der Waals surface area contributed by atoms with E-state index < -0.39 is 15.8 Å². The van der Waals surface area contributed by atoms with Gasteiger partial charge in [0.05, 0.1) is 0 Å². The first-order valence-corrected chi connectivity index (χ1v) is 16.8. The molecule has 0 spiro atoms. The molecule has 6 aromatic carbocycles. The van der Waals surface area contributed by atoms with Gasteiger partial charge in [0.2, 0.25) is 0 Å². The van der Waals surface area contributed by atoms with Crippen LogP contribution in [0.5, 0.6) is 0 Å². The second-order valence-corrected chi connectivity index (χ2v) is 13.8. The Balaban J connectivity index is 0.000000205. The molecule has 0 amide bonds. The number of benzene rings is 6. The summed E-state index contributed by atoms with van der Waals surface area (Å²) in [5.41, 5.74) is 0. The normalized spacial score (nSPS) is 9.86. The van der Waals surface area contributed by atoms with E-state index in [9.17, 15) is 0 Å². The summed E-state index contributed by atoms with van der Waals surface area (Å²) >= 11 is 0. The van der Waals surface area contributed by atoms with Gasteiger partial charge in [0.25, 0.3) is 0 Å². The molecule has 0 aromatic heterocycles. The Kier molecular flexibility index (Phi) is 16.1. The average Bonchev–Trinajstić information content (AvgIpc) is 3.09. The zero-order valence-electron chi connectivity index (χ0n) is 24.7. The fourth-order valence-electron chi connectivity index (χ4n) is 4.44. The Morgan fingerprint density at radius 2 is 0.591 bits per heavy atom. The van der Waals surface area contributed by atoms with Gasteiger partial charge in [0, 0.05) is 28.2 Å². The summed E-state index contributed by atoms with van der Waals surface area (Å²) in [5, 5.41) is 8.39. The van der Waals surface area contributed by atoms with Gasteiger partial charge in [-0.25, -0.2) is 0 Å². The molecule has 1 nitrogen and oxygen atoms in total. The molecule has 0 atom stereocenters. The Bertz CT molecular complexity index is 1300. The second kappa shape index (κ2) is 20.4. The fraction of sp³-hybridized carbons (Fsp3) is 0.0500. The molecule has 6 rings (SSSR count). The predicted octanol–water partition coefficient (Wildman–Crippen LogP) is 7.15. The molecule has 44 heavy (non-hydrogen) atoms. The molecule has 0 radical (unpaired) electrons. The van der Waals surface area contributed by atoms with Crippen molar-refractivity contribution in [3.8, 4) is 12.3 Å². The molecule has 0 N–H and O–H groups in total. The maximum atomic E-state index is 4.76. The number of ether oxygens (including phenoxy) is 1. The van der Waals surface area contributed by atoms with Crippen molar-refractivity contribution in [1.29, 1.82) is 0 Å². The average molecular weight is 790 g/mol. The fourth-order valence-corrected chi connectivity index (χ4v) is 9.05. The summed E-state index contributed by atoms with van der Waals surface area (Å²) < 4.78 is 4.45. The van der Waals surface area contributed by atoms with Crippen molar-refractivity contribution in [2.45, 2.75) is 0 Å². The van der Waals surface area contributed by atoms with E-state index >= 15 is 0 Å². The van der Waals surface area contributed by atoms with Crippen LogP contribution in [0.2, 0.25) is 0 Å². The zero-order valence-corrected chi connectivity index (χ0v) is 28.8. The van der Waals surface area contributed by atoms with E-state index in [0.29, 0.717) is 6.61 Å². The van der Waals surface area contributed by atoms with Crippen molar-refractivity contribution in [2.75, 3.05) is 13.7 Å². The predicted molar refractivity (Wildman–Crippen MR) is 191 cm³/mol. The summed E-state index contributed by atoms with van der Waals surface area (Å²) in [7, 11) is 0.677. The Morgan fingerprint density at radius 3 is 0.705 bits per heavy atom. The van der Waals surface area contributed by atoms with Crippen LogP contribution >= 0.6 is 15.8 Å². The van der Waals surface area contributed by atoms with Gasteiger partial charge < -0.3 is 4.74 Å². The maximum Gasteiger partial charge on any atom is 0.107 e. The first kappa shape index (κ1) is 34.9. The summed E-state index contributed by atoms with van der Waals surface area (Å²) in [5.74, 6) is 2.30. The maximum absolute atomic E-state index is 4.76. The molecule has 4 heteroatoms. The number of hydrogen-bond acceptors (Lipinski definition) is 1. The zero-order chi connectivity index (χ0) is 30.0. The first-order chi connectivity index (χ1) is 21.3. The third-order valence-corrected chi connectivity index (χ3v) is 11.2. The van der Waals surface area contributed by atoms with Crippen molar-refractivity contribution < 1.29 is 25.8 Å². The molecule has 0 aliphatic heterocycles. The van der Waals surface area contributed by atoms with E-state index in [2.05, 4.69) is 193 Å². The second-order valence-electron chi connectivity index (χ2n) is 9.32. The molecule has 222 valence electrons. The van der Waals surface area contributed by atoms with E-state index in [-0.39, 0.29) is 21.1 Å². The third-order valence-electron chi connectivity index (χ3n) is 6.31. The van der Waals surface area contributed by atoms with Gasteiger partial charge in [-0.3, -0.25) is 0 Å².